The Balaban J connectivity index is 0.000000184. The molecule has 5 heterocycles. The number of anilines is 1. The van der Waals surface area contributed by atoms with Crippen LogP contribution in [-0.4, -0.2) is 65.9 Å². The van der Waals surface area contributed by atoms with Gasteiger partial charge in [0.1, 0.15) is 33.8 Å². The molecule has 7 aromatic rings. The number of carbonyl (C=O) groups is 2. The number of esters is 2. The summed E-state index contributed by atoms with van der Waals surface area (Å²) in [6, 6.07) is 23.4. The summed E-state index contributed by atoms with van der Waals surface area (Å²) in [6.45, 7) is 1.81. The van der Waals surface area contributed by atoms with E-state index in [2.05, 4.69) is 25.0 Å². The highest BCUT2D eigenvalue weighted by molar-refractivity contribution is 7.22. The van der Waals surface area contributed by atoms with Gasteiger partial charge in [0, 0.05) is 17.7 Å². The molecule has 4 aromatic heterocycles. The number of nitrogens with one attached hydrogen (secondary N) is 1. The van der Waals surface area contributed by atoms with E-state index < -0.39 is 0 Å². The number of fused-ring (bicyclic) bond motifs is 3. The molecule has 0 saturated carbocycles. The van der Waals surface area contributed by atoms with Crippen LogP contribution in [0.15, 0.2) is 78.9 Å². The van der Waals surface area contributed by atoms with E-state index in [-0.39, 0.29) is 11.9 Å². The Morgan fingerprint density at radius 2 is 1.22 bits per heavy atom. The first kappa shape index (κ1) is 37.3. The number of hydrogen-bond acceptors (Lipinski definition) is 13. The number of methoxy groups -OCH3 is 2. The van der Waals surface area contributed by atoms with E-state index in [1.165, 1.54) is 36.9 Å². The van der Waals surface area contributed by atoms with Crippen LogP contribution in [0.3, 0.4) is 0 Å². The number of halogens is 3. The van der Waals surface area contributed by atoms with Gasteiger partial charge in [0.05, 0.1) is 44.8 Å². The van der Waals surface area contributed by atoms with Crippen molar-refractivity contribution in [2.75, 3.05) is 39.3 Å². The van der Waals surface area contributed by atoms with Crippen LogP contribution in [-0.2, 0) is 15.9 Å². The first-order chi connectivity index (χ1) is 26.2. The zero-order valence-electron chi connectivity index (χ0n) is 28.5. The topological polar surface area (TPSA) is 135 Å². The lowest BCUT2D eigenvalue weighted by molar-refractivity contribution is 0.0592. The molecule has 0 atom stereocenters. The number of carbonyl (C=O) groups excluding carboxylic acids is 2. The standard InChI is InChI=1S/C24H20ClN3O4S.C14H8Cl2N2O2S/c1-30-24(29)16-5-3-15(4-6-16)21-27-22(17-13-20(25)33-23(17)28-21)26-9-8-14-2-7-18-19(12-14)32-11-10-31-18;1-20-14(19)8-4-2-7(3-5-8)12-17-11(16)9-6-10(15)21-13(9)18-12/h2-7,12-13H,8-11H2,1H3,(H,26,27,28);2-6H,1H3. The van der Waals surface area contributed by atoms with E-state index in [1.807, 2.05) is 36.4 Å². The third-order valence-electron chi connectivity index (χ3n) is 8.12. The average molecular weight is 821 g/mol. The Morgan fingerprint density at radius 1 is 0.685 bits per heavy atom. The van der Waals surface area contributed by atoms with Crippen molar-refractivity contribution in [1.82, 2.24) is 19.9 Å². The molecular weight excluding hydrogens is 793 g/mol. The van der Waals surface area contributed by atoms with Crippen LogP contribution in [0.2, 0.25) is 13.8 Å². The van der Waals surface area contributed by atoms with Gasteiger partial charge in [-0.05, 0) is 60.5 Å². The first-order valence-electron chi connectivity index (χ1n) is 16.3. The molecule has 1 aliphatic rings. The number of rotatable bonds is 8. The minimum absolute atomic E-state index is 0.357. The average Bonchev–Trinajstić information content (AvgIpc) is 3.78. The summed E-state index contributed by atoms with van der Waals surface area (Å²) in [7, 11) is 2.70. The largest absolute Gasteiger partial charge is 0.486 e. The molecule has 3 aromatic carbocycles. The quantitative estimate of drug-likeness (QED) is 0.116. The maximum atomic E-state index is 11.7. The van der Waals surface area contributed by atoms with E-state index in [1.54, 1.807) is 42.5 Å². The van der Waals surface area contributed by atoms with Crippen molar-refractivity contribution in [3.63, 3.8) is 0 Å². The van der Waals surface area contributed by atoms with E-state index in [0.717, 1.165) is 55.0 Å². The van der Waals surface area contributed by atoms with Crippen LogP contribution < -0.4 is 14.8 Å². The second kappa shape index (κ2) is 16.5. The molecule has 0 amide bonds. The molecule has 54 heavy (non-hydrogen) atoms. The molecule has 0 spiro atoms. The SMILES string of the molecule is COC(=O)c1ccc(-c2nc(Cl)c3cc(Cl)sc3n2)cc1.COC(=O)c1ccc(-c2nc(NCCc3ccc4c(c3)OCCO4)c3cc(Cl)sc3n2)cc1. The molecule has 0 bridgehead atoms. The zero-order chi connectivity index (χ0) is 37.8. The summed E-state index contributed by atoms with van der Waals surface area (Å²) in [4.78, 5) is 42.8. The summed E-state index contributed by atoms with van der Waals surface area (Å²) in [6.07, 6.45) is 0.781. The summed E-state index contributed by atoms with van der Waals surface area (Å²) in [5.41, 5.74) is 3.63. The van der Waals surface area contributed by atoms with Crippen molar-refractivity contribution in [1.29, 1.82) is 0 Å². The molecule has 16 heteroatoms. The number of ether oxygens (including phenoxy) is 4. The lowest BCUT2D eigenvalue weighted by Gasteiger charge is -2.19. The highest BCUT2D eigenvalue weighted by Gasteiger charge is 2.16. The van der Waals surface area contributed by atoms with Crippen LogP contribution in [0.4, 0.5) is 5.82 Å². The summed E-state index contributed by atoms with van der Waals surface area (Å²) >= 11 is 21.1. The molecular formula is C38H28Cl3N5O6S2. The molecule has 0 radical (unpaired) electrons. The van der Waals surface area contributed by atoms with E-state index >= 15 is 0 Å². The molecule has 0 fully saturated rings. The number of benzene rings is 3. The Hall–Kier alpha value is -5.05. The molecule has 11 nitrogen and oxygen atoms in total. The normalized spacial score (nSPS) is 11.9. The second-order valence-electron chi connectivity index (χ2n) is 11.6. The van der Waals surface area contributed by atoms with Crippen LogP contribution >= 0.6 is 57.5 Å². The Kier molecular flexibility index (Phi) is 11.4. The number of thiophene rings is 2. The molecule has 0 aliphatic carbocycles. The molecule has 1 aliphatic heterocycles. The van der Waals surface area contributed by atoms with Gasteiger partial charge in [-0.25, -0.2) is 29.5 Å². The lowest BCUT2D eigenvalue weighted by atomic mass is 10.1. The highest BCUT2D eigenvalue weighted by atomic mass is 35.5. The van der Waals surface area contributed by atoms with Gasteiger partial charge in [-0.15, -0.1) is 22.7 Å². The van der Waals surface area contributed by atoms with Crippen LogP contribution in [0.1, 0.15) is 26.3 Å². The van der Waals surface area contributed by atoms with Gasteiger partial charge >= 0.3 is 11.9 Å². The summed E-state index contributed by atoms with van der Waals surface area (Å²) in [5.74, 6) is 2.55. The van der Waals surface area contributed by atoms with E-state index in [0.29, 0.717) is 62.2 Å². The van der Waals surface area contributed by atoms with Gasteiger partial charge in [-0.2, -0.15) is 0 Å². The number of nitrogens with zero attached hydrogens (tertiary/aromatic N) is 4. The molecule has 8 rings (SSSR count). The van der Waals surface area contributed by atoms with Crippen LogP contribution in [0, 0.1) is 0 Å². The maximum absolute atomic E-state index is 11.7. The number of aromatic nitrogens is 4. The van der Waals surface area contributed by atoms with Crippen molar-refractivity contribution in [3.8, 4) is 34.3 Å². The van der Waals surface area contributed by atoms with E-state index in [9.17, 15) is 9.59 Å². The Morgan fingerprint density at radius 3 is 1.81 bits per heavy atom. The molecule has 274 valence electrons. The van der Waals surface area contributed by atoms with Gasteiger partial charge in [-0.3, -0.25) is 0 Å². The van der Waals surface area contributed by atoms with Crippen LogP contribution in [0.5, 0.6) is 11.5 Å². The monoisotopic (exact) mass is 819 g/mol. The van der Waals surface area contributed by atoms with Crippen molar-refractivity contribution in [2.45, 2.75) is 6.42 Å². The van der Waals surface area contributed by atoms with Gasteiger partial charge in [0.15, 0.2) is 23.1 Å². The predicted molar refractivity (Wildman–Crippen MR) is 213 cm³/mol. The summed E-state index contributed by atoms with van der Waals surface area (Å²) in [5, 5.41) is 5.40. The van der Waals surface area contributed by atoms with Crippen molar-refractivity contribution >= 4 is 95.7 Å². The number of hydrogen-bond donors (Lipinski definition) is 1. The van der Waals surface area contributed by atoms with Gasteiger partial charge in [0.25, 0.3) is 0 Å². The lowest BCUT2D eigenvalue weighted by Crippen LogP contribution is -2.15. The van der Waals surface area contributed by atoms with Gasteiger partial charge < -0.3 is 24.3 Å². The fourth-order valence-electron chi connectivity index (χ4n) is 5.46. The third kappa shape index (κ3) is 8.35. The first-order valence-corrected chi connectivity index (χ1v) is 19.1. The van der Waals surface area contributed by atoms with E-state index in [4.69, 9.17) is 54.0 Å². The smallest absolute Gasteiger partial charge is 0.337 e. The minimum atomic E-state index is -0.388. The van der Waals surface area contributed by atoms with Crippen molar-refractivity contribution in [2.24, 2.45) is 0 Å². The minimum Gasteiger partial charge on any atom is -0.486 e. The Labute approximate surface area is 331 Å². The third-order valence-corrected chi connectivity index (χ3v) is 10.7. The highest BCUT2D eigenvalue weighted by Crippen LogP contribution is 2.36. The van der Waals surface area contributed by atoms with Gasteiger partial charge in [-0.1, -0.05) is 65.1 Å². The maximum Gasteiger partial charge on any atom is 0.337 e. The molecule has 1 N–H and O–H groups in total. The molecule has 0 saturated heterocycles. The van der Waals surface area contributed by atoms with Gasteiger partial charge in [0.2, 0.25) is 0 Å². The summed E-state index contributed by atoms with van der Waals surface area (Å²) < 4.78 is 21.9. The second-order valence-corrected chi connectivity index (χ2v) is 15.2. The zero-order valence-corrected chi connectivity index (χ0v) is 32.4. The van der Waals surface area contributed by atoms with Crippen molar-refractivity contribution in [3.05, 3.63) is 109 Å². The fourth-order valence-corrected chi connectivity index (χ4v) is 7.91. The fraction of sp³-hybridized carbons (Fsp3) is 0.158. The van der Waals surface area contributed by atoms with Crippen LogP contribution in [0.25, 0.3) is 43.2 Å². The Bertz CT molecular complexity index is 2490. The predicted octanol–water partition coefficient (Wildman–Crippen LogP) is 9.68. The van der Waals surface area contributed by atoms with Crippen molar-refractivity contribution < 1.29 is 28.5 Å². The molecule has 0 unspecified atom stereocenters.